The lowest BCUT2D eigenvalue weighted by atomic mass is 9.92. The van der Waals surface area contributed by atoms with Crippen molar-refractivity contribution in [1.82, 2.24) is 36.1 Å². The minimum absolute atomic E-state index is 0.0280. The fourth-order valence-corrected chi connectivity index (χ4v) is 5.78. The van der Waals surface area contributed by atoms with Crippen LogP contribution in [0.25, 0.3) is 0 Å². The normalized spacial score (nSPS) is 18.2. The van der Waals surface area contributed by atoms with E-state index in [9.17, 15) is 38.7 Å². The summed E-state index contributed by atoms with van der Waals surface area (Å²) in [7, 11) is 0. The van der Waals surface area contributed by atoms with Gasteiger partial charge in [0, 0.05) is 25.4 Å². The molecule has 1 unspecified atom stereocenters. The van der Waals surface area contributed by atoms with Crippen molar-refractivity contribution in [2.24, 2.45) is 11.8 Å². The fourth-order valence-electron chi connectivity index (χ4n) is 5.78. The Labute approximate surface area is 277 Å². The molecule has 4 atom stereocenters. The Hall–Kier alpha value is -5.21. The van der Waals surface area contributed by atoms with Crippen LogP contribution in [0.2, 0.25) is 0 Å². The van der Waals surface area contributed by atoms with Gasteiger partial charge in [0.15, 0.2) is 0 Å². The first-order valence-electron chi connectivity index (χ1n) is 16.1. The van der Waals surface area contributed by atoms with Crippen molar-refractivity contribution in [3.8, 4) is 0 Å². The molecule has 15 nitrogen and oxygen atoms in total. The molecule has 1 aromatic heterocycles. The second kappa shape index (κ2) is 17.1. The molecule has 1 aromatic carbocycles. The lowest BCUT2D eigenvalue weighted by Gasteiger charge is -2.29. The van der Waals surface area contributed by atoms with Gasteiger partial charge in [0.05, 0.1) is 25.3 Å². The van der Waals surface area contributed by atoms with Crippen LogP contribution in [0.3, 0.4) is 0 Å². The van der Waals surface area contributed by atoms with Gasteiger partial charge in [-0.1, -0.05) is 56.5 Å². The molecular weight excluding hydrogens is 622 g/mol. The van der Waals surface area contributed by atoms with E-state index in [0.717, 1.165) is 19.3 Å². The van der Waals surface area contributed by atoms with Crippen molar-refractivity contribution < 1.29 is 38.7 Å². The minimum Gasteiger partial charge on any atom is -0.480 e. The van der Waals surface area contributed by atoms with Crippen LogP contribution in [0.1, 0.15) is 61.5 Å². The van der Waals surface area contributed by atoms with Crippen molar-refractivity contribution in [1.29, 1.82) is 0 Å². The summed E-state index contributed by atoms with van der Waals surface area (Å²) in [6.45, 7) is 1.21. The average Bonchev–Trinajstić information content (AvgIpc) is 3.81. The number of nitrogens with zero attached hydrogens (tertiary/aromatic N) is 3. The number of amides is 5. The standard InChI is InChI=1S/C33H41N7O8/c1-2-6-23(29(43)32(46)39-24(33(47)48)16-20-7-4-3-5-8-20)38-31(45)28-22(15-21-9-10-21)11-14-40(28)27(42)19-36-26(41)18-37-30(44)25-17-34-12-13-35-25/h3-5,7-8,12-13,17,21-24,28H,2,6,9-11,14-16,18-19H2,1H3,(H,36,41)(H,37,44)(H,38,45)(H,39,46)(H,47,48)/t22-,23?,24+,28+/m1/s1. The van der Waals surface area contributed by atoms with Crippen LogP contribution in [-0.2, 0) is 35.2 Å². The number of carbonyl (C=O) groups is 7. The summed E-state index contributed by atoms with van der Waals surface area (Å²) < 4.78 is 0. The zero-order valence-electron chi connectivity index (χ0n) is 26.7. The number of carboxylic acid groups (broad SMARTS) is 1. The molecule has 4 rings (SSSR count). The molecule has 2 aromatic rings. The van der Waals surface area contributed by atoms with E-state index in [0.29, 0.717) is 24.3 Å². The summed E-state index contributed by atoms with van der Waals surface area (Å²) >= 11 is 0. The molecule has 5 amide bonds. The second-order valence-corrected chi connectivity index (χ2v) is 12.1. The van der Waals surface area contributed by atoms with Crippen molar-refractivity contribution in [2.75, 3.05) is 19.6 Å². The fraction of sp³-hybridized carbons (Fsp3) is 0.485. The van der Waals surface area contributed by atoms with Gasteiger partial charge in [-0.3, -0.25) is 33.8 Å². The minimum atomic E-state index is -1.36. The van der Waals surface area contributed by atoms with E-state index < -0.39 is 72.5 Å². The van der Waals surface area contributed by atoms with Gasteiger partial charge >= 0.3 is 5.97 Å². The Morgan fingerprint density at radius 1 is 0.938 bits per heavy atom. The van der Waals surface area contributed by atoms with E-state index in [4.69, 9.17) is 0 Å². The number of carbonyl (C=O) groups excluding carboxylic acids is 6. The lowest BCUT2D eigenvalue weighted by molar-refractivity contribution is -0.145. The van der Waals surface area contributed by atoms with E-state index in [1.165, 1.54) is 23.5 Å². The van der Waals surface area contributed by atoms with Gasteiger partial charge in [-0.25, -0.2) is 9.78 Å². The number of hydrogen-bond acceptors (Lipinski definition) is 9. The number of ketones is 1. The number of likely N-dealkylation sites (tertiary alicyclic amines) is 1. The van der Waals surface area contributed by atoms with Gasteiger partial charge < -0.3 is 31.3 Å². The SMILES string of the molecule is CCCC(NC(=O)[C@@H]1[C@@H](CC2CC2)CCN1C(=O)CNC(=O)CNC(=O)c1cnccn1)C(=O)C(=O)N[C@@H](Cc1ccccc1)C(=O)O. The number of aliphatic carboxylic acids is 1. The van der Waals surface area contributed by atoms with E-state index in [1.54, 1.807) is 37.3 Å². The maximum Gasteiger partial charge on any atom is 0.326 e. The smallest absolute Gasteiger partial charge is 0.326 e. The van der Waals surface area contributed by atoms with Crippen LogP contribution in [0.5, 0.6) is 0 Å². The van der Waals surface area contributed by atoms with Crippen LogP contribution < -0.4 is 21.3 Å². The molecule has 5 N–H and O–H groups in total. The number of Topliss-reactive ketones (excluding diaryl/α,β-unsaturated/α-hetero) is 1. The number of rotatable bonds is 17. The first-order chi connectivity index (χ1) is 23.1. The van der Waals surface area contributed by atoms with E-state index >= 15 is 0 Å². The highest BCUT2D eigenvalue weighted by atomic mass is 16.4. The van der Waals surface area contributed by atoms with Gasteiger partial charge in [0.1, 0.15) is 17.8 Å². The Morgan fingerprint density at radius 3 is 2.33 bits per heavy atom. The number of aromatic nitrogens is 2. The molecule has 1 aliphatic heterocycles. The summed E-state index contributed by atoms with van der Waals surface area (Å²) in [6.07, 6.45) is 7.84. The molecule has 15 heteroatoms. The first-order valence-corrected chi connectivity index (χ1v) is 16.1. The molecule has 0 bridgehead atoms. The summed E-state index contributed by atoms with van der Waals surface area (Å²) in [5.74, 6) is -5.48. The van der Waals surface area contributed by atoms with E-state index in [-0.39, 0.29) is 31.0 Å². The molecule has 2 fully saturated rings. The van der Waals surface area contributed by atoms with Crippen LogP contribution in [-0.4, -0.2) is 99.0 Å². The molecule has 256 valence electrons. The molecule has 1 saturated heterocycles. The van der Waals surface area contributed by atoms with Crippen LogP contribution in [0.4, 0.5) is 0 Å². The van der Waals surface area contributed by atoms with Gasteiger partial charge in [0.25, 0.3) is 11.8 Å². The van der Waals surface area contributed by atoms with Gasteiger partial charge in [-0.15, -0.1) is 0 Å². The molecule has 1 saturated carbocycles. The summed E-state index contributed by atoms with van der Waals surface area (Å²) in [6, 6.07) is 5.15. The molecule has 2 aliphatic rings. The topological polar surface area (TPSA) is 217 Å². The van der Waals surface area contributed by atoms with Gasteiger partial charge in [-0.05, 0) is 36.7 Å². The molecule has 0 radical (unpaired) electrons. The van der Waals surface area contributed by atoms with E-state index in [1.807, 2.05) is 0 Å². The Kier molecular flexibility index (Phi) is 12.7. The quantitative estimate of drug-likeness (QED) is 0.143. The largest absolute Gasteiger partial charge is 0.480 e. The van der Waals surface area contributed by atoms with E-state index in [2.05, 4.69) is 31.2 Å². The predicted octanol–water partition coefficient (Wildman–Crippen LogP) is 0.00590. The maximum atomic E-state index is 13.8. The van der Waals surface area contributed by atoms with Crippen LogP contribution >= 0.6 is 0 Å². The van der Waals surface area contributed by atoms with Crippen LogP contribution in [0, 0.1) is 11.8 Å². The van der Waals surface area contributed by atoms with Gasteiger partial charge in [0.2, 0.25) is 23.5 Å². The Balaban J connectivity index is 1.37. The summed E-state index contributed by atoms with van der Waals surface area (Å²) in [5, 5.41) is 19.5. The Bertz CT molecular complexity index is 1490. The molecule has 48 heavy (non-hydrogen) atoms. The number of nitrogens with one attached hydrogen (secondary N) is 4. The molecule has 1 aliphatic carbocycles. The molecule has 2 heterocycles. The maximum absolute atomic E-state index is 13.8. The van der Waals surface area contributed by atoms with Crippen molar-refractivity contribution >= 4 is 41.3 Å². The summed E-state index contributed by atoms with van der Waals surface area (Å²) in [5.41, 5.74) is 0.687. The predicted molar refractivity (Wildman–Crippen MR) is 170 cm³/mol. The first kappa shape index (κ1) is 35.6. The Morgan fingerprint density at radius 2 is 1.69 bits per heavy atom. The highest BCUT2D eigenvalue weighted by molar-refractivity contribution is 6.38. The number of hydrogen-bond donors (Lipinski definition) is 5. The second-order valence-electron chi connectivity index (χ2n) is 12.1. The zero-order valence-corrected chi connectivity index (χ0v) is 26.7. The van der Waals surface area contributed by atoms with Crippen molar-refractivity contribution in [3.63, 3.8) is 0 Å². The number of benzene rings is 1. The van der Waals surface area contributed by atoms with Crippen LogP contribution in [0.15, 0.2) is 48.9 Å². The van der Waals surface area contributed by atoms with Crippen molar-refractivity contribution in [3.05, 3.63) is 60.2 Å². The molecular formula is C33H41N7O8. The monoisotopic (exact) mass is 663 g/mol. The van der Waals surface area contributed by atoms with Gasteiger partial charge in [-0.2, -0.15) is 0 Å². The highest BCUT2D eigenvalue weighted by Gasteiger charge is 2.44. The highest BCUT2D eigenvalue weighted by Crippen LogP contribution is 2.40. The third-order valence-corrected chi connectivity index (χ3v) is 8.41. The third kappa shape index (κ3) is 10.1. The van der Waals surface area contributed by atoms with Crippen molar-refractivity contribution in [2.45, 2.75) is 70.0 Å². The lowest BCUT2D eigenvalue weighted by Crippen LogP contribution is -2.56. The summed E-state index contributed by atoms with van der Waals surface area (Å²) in [4.78, 5) is 98.8. The zero-order chi connectivity index (χ0) is 34.6. The average molecular weight is 664 g/mol. The third-order valence-electron chi connectivity index (χ3n) is 8.41. The molecule has 0 spiro atoms. The number of carboxylic acids is 1.